The van der Waals surface area contributed by atoms with Crippen molar-refractivity contribution in [2.24, 2.45) is 10.2 Å². The van der Waals surface area contributed by atoms with E-state index in [1.807, 2.05) is 31.2 Å². The van der Waals surface area contributed by atoms with E-state index < -0.39 is 17.8 Å². The van der Waals surface area contributed by atoms with Crippen LogP contribution in [0.4, 0.5) is 21.5 Å². The Balaban J connectivity index is 1.38. The molecule has 0 radical (unpaired) electrons. The minimum Gasteiger partial charge on any atom is -0.462 e. The van der Waals surface area contributed by atoms with Crippen molar-refractivity contribution in [3.63, 3.8) is 0 Å². The van der Waals surface area contributed by atoms with Gasteiger partial charge < -0.3 is 14.4 Å². The molecule has 0 aliphatic rings. The number of hydrogen-bond donors (Lipinski definition) is 0. The van der Waals surface area contributed by atoms with E-state index in [4.69, 9.17) is 9.47 Å². The molecule has 8 nitrogen and oxygen atoms in total. The zero-order valence-corrected chi connectivity index (χ0v) is 23.5. The number of fused-ring (bicyclic) bond motifs is 1. The lowest BCUT2D eigenvalue weighted by Gasteiger charge is -2.20. The van der Waals surface area contributed by atoms with Gasteiger partial charge in [-0.25, -0.2) is 19.0 Å². The maximum Gasteiger partial charge on any atom is 0.345 e. The summed E-state index contributed by atoms with van der Waals surface area (Å²) in [6.07, 6.45) is 2.64. The topological polar surface area (TPSA) is 93.5 Å². The van der Waals surface area contributed by atoms with Gasteiger partial charge >= 0.3 is 11.9 Å². The maximum absolute atomic E-state index is 14.5. The van der Waals surface area contributed by atoms with Crippen LogP contribution in [0.3, 0.4) is 0 Å². The molecule has 4 rings (SSSR count). The standard InChI is InChI=1S/C30H31FN4O4S/c1-4-7-8-17-38-29(37)24-18-27-26(19-25(24)31)32-30(40-27)39-28(36)20-9-11-21(12-10-20)33-34-22-13-15-23(16-14-22)35(5-2)6-3/h9-16,18-19H,4-8,17H2,1-3H3. The van der Waals surface area contributed by atoms with Crippen LogP contribution in [0.25, 0.3) is 10.2 Å². The number of carbonyl (C=O) groups excluding carboxylic acids is 2. The molecule has 1 aromatic heterocycles. The van der Waals surface area contributed by atoms with Crippen LogP contribution < -0.4 is 9.64 Å². The van der Waals surface area contributed by atoms with Crippen LogP contribution in [0.5, 0.6) is 5.19 Å². The third-order valence-electron chi connectivity index (χ3n) is 6.20. The number of benzene rings is 3. The Kier molecular flexibility index (Phi) is 9.91. The lowest BCUT2D eigenvalue weighted by atomic mass is 10.2. The number of halogens is 1. The van der Waals surface area contributed by atoms with Gasteiger partial charge in [-0.1, -0.05) is 31.1 Å². The van der Waals surface area contributed by atoms with E-state index in [0.717, 1.165) is 61.1 Å². The Labute approximate surface area is 236 Å². The van der Waals surface area contributed by atoms with Gasteiger partial charge in [-0.2, -0.15) is 10.2 Å². The Hall–Kier alpha value is -4.18. The highest BCUT2D eigenvalue weighted by atomic mass is 32.1. The van der Waals surface area contributed by atoms with Crippen LogP contribution in [0.2, 0.25) is 0 Å². The van der Waals surface area contributed by atoms with Crippen LogP contribution in [-0.4, -0.2) is 36.6 Å². The van der Waals surface area contributed by atoms with E-state index in [1.165, 1.54) is 6.07 Å². The minimum absolute atomic E-state index is 0.0461. The zero-order valence-electron chi connectivity index (χ0n) is 22.7. The molecule has 0 bridgehead atoms. The van der Waals surface area contributed by atoms with Gasteiger partial charge in [-0.3, -0.25) is 0 Å². The molecule has 1 heterocycles. The summed E-state index contributed by atoms with van der Waals surface area (Å²) < 4.78 is 25.6. The summed E-state index contributed by atoms with van der Waals surface area (Å²) in [7, 11) is 0. The van der Waals surface area contributed by atoms with Crippen molar-refractivity contribution in [2.75, 3.05) is 24.6 Å². The third-order valence-corrected chi connectivity index (χ3v) is 7.10. The number of thiazole rings is 1. The van der Waals surface area contributed by atoms with E-state index in [-0.39, 0.29) is 22.9 Å². The van der Waals surface area contributed by atoms with Gasteiger partial charge in [-0.15, -0.1) is 0 Å². The quantitative estimate of drug-likeness (QED) is 0.0980. The van der Waals surface area contributed by atoms with E-state index >= 15 is 0 Å². The molecule has 0 atom stereocenters. The number of carbonyl (C=O) groups is 2. The second-order valence-corrected chi connectivity index (χ2v) is 9.94. The summed E-state index contributed by atoms with van der Waals surface area (Å²) >= 11 is 1.04. The molecular weight excluding hydrogens is 531 g/mol. The fourth-order valence-electron chi connectivity index (χ4n) is 3.96. The van der Waals surface area contributed by atoms with Crippen molar-refractivity contribution >= 4 is 50.6 Å². The number of hydrogen-bond acceptors (Lipinski definition) is 9. The lowest BCUT2D eigenvalue weighted by molar-refractivity contribution is 0.0492. The molecule has 0 aliphatic carbocycles. The number of anilines is 1. The Morgan fingerprint density at radius 3 is 2.17 bits per heavy atom. The summed E-state index contributed by atoms with van der Waals surface area (Å²) in [5, 5.41) is 8.55. The number of esters is 2. The summed E-state index contributed by atoms with van der Waals surface area (Å²) in [5.41, 5.74) is 2.84. The van der Waals surface area contributed by atoms with Crippen molar-refractivity contribution in [1.29, 1.82) is 0 Å². The summed E-state index contributed by atoms with van der Waals surface area (Å²) in [6.45, 7) is 8.37. The molecule has 10 heteroatoms. The normalized spacial score (nSPS) is 11.2. The van der Waals surface area contributed by atoms with Crippen molar-refractivity contribution in [2.45, 2.75) is 40.0 Å². The first-order valence-corrected chi connectivity index (χ1v) is 14.1. The summed E-state index contributed by atoms with van der Waals surface area (Å²) in [6, 6.07) is 16.8. The summed E-state index contributed by atoms with van der Waals surface area (Å²) in [4.78, 5) is 31.4. The molecule has 40 heavy (non-hydrogen) atoms. The van der Waals surface area contributed by atoms with Crippen molar-refractivity contribution in [1.82, 2.24) is 4.98 Å². The summed E-state index contributed by atoms with van der Waals surface area (Å²) in [5.74, 6) is -2.08. The van der Waals surface area contributed by atoms with Gasteiger partial charge in [0.1, 0.15) is 5.82 Å². The fourth-order valence-corrected chi connectivity index (χ4v) is 4.79. The molecule has 0 fully saturated rings. The first-order chi connectivity index (χ1) is 19.4. The molecule has 0 saturated heterocycles. The molecular formula is C30H31FN4O4S. The first kappa shape index (κ1) is 28.8. The predicted octanol–water partition coefficient (Wildman–Crippen LogP) is 8.26. The predicted molar refractivity (Wildman–Crippen MR) is 155 cm³/mol. The molecule has 3 aromatic carbocycles. The van der Waals surface area contributed by atoms with Crippen LogP contribution in [-0.2, 0) is 4.74 Å². The highest BCUT2D eigenvalue weighted by Crippen LogP contribution is 2.31. The number of rotatable bonds is 12. The number of nitrogens with zero attached hydrogens (tertiary/aromatic N) is 4. The third kappa shape index (κ3) is 7.26. The van der Waals surface area contributed by atoms with E-state index in [1.54, 1.807) is 24.3 Å². The second-order valence-electron chi connectivity index (χ2n) is 8.95. The van der Waals surface area contributed by atoms with Gasteiger partial charge in [0.15, 0.2) is 0 Å². The van der Waals surface area contributed by atoms with Crippen LogP contribution >= 0.6 is 11.3 Å². The molecule has 0 unspecified atom stereocenters. The average molecular weight is 563 g/mol. The number of aromatic nitrogens is 1. The molecule has 4 aromatic rings. The second kappa shape index (κ2) is 13.7. The maximum atomic E-state index is 14.5. The number of unbranched alkanes of at least 4 members (excludes halogenated alkanes) is 2. The molecule has 0 aliphatic heterocycles. The monoisotopic (exact) mass is 562 g/mol. The first-order valence-electron chi connectivity index (χ1n) is 13.3. The molecule has 0 spiro atoms. The SMILES string of the molecule is CCCCCOC(=O)c1cc2sc(OC(=O)c3ccc(N=Nc4ccc(N(CC)CC)cc4)cc3)nc2cc1F. The van der Waals surface area contributed by atoms with Gasteiger partial charge in [0.25, 0.3) is 5.19 Å². The Bertz CT molecular complexity index is 1480. The van der Waals surface area contributed by atoms with Gasteiger partial charge in [-0.05, 0) is 74.9 Å². The van der Waals surface area contributed by atoms with Crippen LogP contribution in [0.15, 0.2) is 70.9 Å². The van der Waals surface area contributed by atoms with Crippen molar-refractivity contribution in [3.8, 4) is 5.19 Å². The highest BCUT2D eigenvalue weighted by molar-refractivity contribution is 7.20. The van der Waals surface area contributed by atoms with Crippen LogP contribution in [0.1, 0.15) is 60.7 Å². The fraction of sp³-hybridized carbons (Fsp3) is 0.300. The Morgan fingerprint density at radius 2 is 1.55 bits per heavy atom. The highest BCUT2D eigenvalue weighted by Gasteiger charge is 2.18. The van der Waals surface area contributed by atoms with Crippen molar-refractivity contribution in [3.05, 3.63) is 77.6 Å². The number of azo groups is 1. The molecule has 0 N–H and O–H groups in total. The minimum atomic E-state index is -0.735. The Morgan fingerprint density at radius 1 is 0.900 bits per heavy atom. The molecule has 0 amide bonds. The lowest BCUT2D eigenvalue weighted by Crippen LogP contribution is -2.21. The zero-order chi connectivity index (χ0) is 28.5. The van der Waals surface area contributed by atoms with E-state index in [0.29, 0.717) is 16.0 Å². The van der Waals surface area contributed by atoms with Gasteiger partial charge in [0, 0.05) is 24.8 Å². The number of ether oxygens (including phenoxy) is 2. The van der Waals surface area contributed by atoms with Gasteiger partial charge in [0.2, 0.25) is 0 Å². The van der Waals surface area contributed by atoms with Crippen molar-refractivity contribution < 1.29 is 23.5 Å². The van der Waals surface area contributed by atoms with Gasteiger partial charge in [0.05, 0.1) is 39.3 Å². The van der Waals surface area contributed by atoms with Crippen LogP contribution in [0, 0.1) is 5.82 Å². The van der Waals surface area contributed by atoms with E-state index in [9.17, 15) is 14.0 Å². The molecule has 0 saturated carbocycles. The molecule has 208 valence electrons. The van der Waals surface area contributed by atoms with E-state index in [2.05, 4.69) is 34.0 Å². The smallest absolute Gasteiger partial charge is 0.345 e. The average Bonchev–Trinajstić information content (AvgIpc) is 3.36. The largest absolute Gasteiger partial charge is 0.462 e.